The second-order valence-corrected chi connectivity index (χ2v) is 3.81. The zero-order valence-corrected chi connectivity index (χ0v) is 7.98. The van der Waals surface area contributed by atoms with Gasteiger partial charge in [-0.15, -0.1) is 0 Å². The Morgan fingerprint density at radius 1 is 1.46 bits per heavy atom. The average molecular weight is 187 g/mol. The minimum absolute atomic E-state index is 0.195. The van der Waals surface area contributed by atoms with E-state index in [2.05, 4.69) is 4.90 Å². The third kappa shape index (κ3) is 1.86. The molecule has 0 amide bonds. The van der Waals surface area contributed by atoms with Gasteiger partial charge in [0.1, 0.15) is 0 Å². The van der Waals surface area contributed by atoms with Gasteiger partial charge >= 0.3 is 0 Å². The van der Waals surface area contributed by atoms with Gasteiger partial charge in [0.05, 0.1) is 31.5 Å². The monoisotopic (exact) mass is 187 g/mol. The van der Waals surface area contributed by atoms with Gasteiger partial charge < -0.3 is 14.6 Å². The molecular formula is C9H17NO3. The van der Waals surface area contributed by atoms with Gasteiger partial charge in [-0.25, -0.2) is 0 Å². The highest BCUT2D eigenvalue weighted by atomic mass is 16.5. The molecule has 0 aromatic rings. The second-order valence-electron chi connectivity index (χ2n) is 3.81. The molecule has 2 unspecified atom stereocenters. The predicted octanol–water partition coefficient (Wildman–Crippen LogP) is -0.533. The zero-order valence-electron chi connectivity index (χ0n) is 7.98. The lowest BCUT2D eigenvalue weighted by molar-refractivity contribution is 0.0717. The summed E-state index contributed by atoms with van der Waals surface area (Å²) in [5.41, 5.74) is 0. The van der Waals surface area contributed by atoms with Gasteiger partial charge in [0.25, 0.3) is 0 Å². The summed E-state index contributed by atoms with van der Waals surface area (Å²) in [5.74, 6) is 0. The summed E-state index contributed by atoms with van der Waals surface area (Å²) in [4.78, 5) is 2.27. The normalized spacial score (nSPS) is 41.5. The molecule has 0 aliphatic carbocycles. The minimum atomic E-state index is -0.310. The van der Waals surface area contributed by atoms with Gasteiger partial charge in [-0.3, -0.25) is 4.90 Å². The molecule has 76 valence electrons. The first-order chi connectivity index (χ1) is 6.31. The Labute approximate surface area is 78.4 Å². The lowest BCUT2D eigenvalue weighted by atomic mass is 10.2. The second kappa shape index (κ2) is 3.92. The van der Waals surface area contributed by atoms with Crippen molar-refractivity contribution in [3.63, 3.8) is 0 Å². The van der Waals surface area contributed by atoms with Crippen LogP contribution in [0, 0.1) is 0 Å². The largest absolute Gasteiger partial charge is 0.389 e. The van der Waals surface area contributed by atoms with Crippen LogP contribution in [0.25, 0.3) is 0 Å². The molecular weight excluding hydrogens is 170 g/mol. The third-order valence-corrected chi connectivity index (χ3v) is 3.00. The summed E-state index contributed by atoms with van der Waals surface area (Å²) >= 11 is 0. The number of likely N-dealkylation sites (tertiary alicyclic amines) is 1. The topological polar surface area (TPSA) is 41.9 Å². The Hall–Kier alpha value is -0.160. The van der Waals surface area contributed by atoms with Crippen molar-refractivity contribution in [1.29, 1.82) is 0 Å². The maximum atomic E-state index is 9.60. The first-order valence-corrected chi connectivity index (χ1v) is 4.84. The number of ether oxygens (including phenoxy) is 2. The van der Waals surface area contributed by atoms with Crippen molar-refractivity contribution in [3.8, 4) is 0 Å². The fraction of sp³-hybridized carbons (Fsp3) is 1.00. The molecule has 13 heavy (non-hydrogen) atoms. The third-order valence-electron chi connectivity index (χ3n) is 3.00. The summed E-state index contributed by atoms with van der Waals surface area (Å²) in [6.45, 7) is 3.10. The van der Waals surface area contributed by atoms with Gasteiger partial charge in [0.2, 0.25) is 0 Å². The van der Waals surface area contributed by atoms with Gasteiger partial charge in [-0.1, -0.05) is 0 Å². The van der Waals surface area contributed by atoms with E-state index in [-0.39, 0.29) is 12.1 Å². The van der Waals surface area contributed by atoms with E-state index in [1.165, 1.54) is 0 Å². The minimum Gasteiger partial charge on any atom is -0.389 e. The van der Waals surface area contributed by atoms with Crippen LogP contribution in [0.2, 0.25) is 0 Å². The van der Waals surface area contributed by atoms with Gasteiger partial charge in [0, 0.05) is 20.2 Å². The van der Waals surface area contributed by atoms with E-state index < -0.39 is 0 Å². The van der Waals surface area contributed by atoms with E-state index in [1.807, 2.05) is 0 Å². The highest BCUT2D eigenvalue weighted by molar-refractivity contribution is 4.88. The molecule has 2 aliphatic heterocycles. The fourth-order valence-electron chi connectivity index (χ4n) is 2.13. The van der Waals surface area contributed by atoms with E-state index in [0.717, 1.165) is 19.5 Å². The molecule has 0 radical (unpaired) electrons. The number of nitrogens with zero attached hydrogens (tertiary/aromatic N) is 1. The molecule has 2 rings (SSSR count). The lowest BCUT2D eigenvalue weighted by Gasteiger charge is -2.24. The summed E-state index contributed by atoms with van der Waals surface area (Å²) in [7, 11) is 1.75. The van der Waals surface area contributed by atoms with E-state index in [0.29, 0.717) is 19.3 Å². The van der Waals surface area contributed by atoms with Crippen LogP contribution in [-0.2, 0) is 9.47 Å². The molecule has 0 aromatic heterocycles. The number of aliphatic hydroxyl groups is 1. The summed E-state index contributed by atoms with van der Waals surface area (Å²) in [6, 6.07) is 0.195. The van der Waals surface area contributed by atoms with Crippen molar-refractivity contribution in [2.45, 2.75) is 24.7 Å². The maximum absolute atomic E-state index is 9.60. The maximum Gasteiger partial charge on any atom is 0.0950 e. The number of aliphatic hydroxyl groups excluding tert-OH is 1. The van der Waals surface area contributed by atoms with Crippen LogP contribution in [0.5, 0.6) is 0 Å². The SMILES string of the molecule is CO[C@H]1CCN(C2COCC2O)C1. The fourth-order valence-corrected chi connectivity index (χ4v) is 2.13. The molecule has 0 aromatic carbocycles. The lowest BCUT2D eigenvalue weighted by Crippen LogP contribution is -2.42. The Morgan fingerprint density at radius 2 is 2.31 bits per heavy atom. The van der Waals surface area contributed by atoms with Gasteiger partial charge in [-0.2, -0.15) is 0 Å². The first kappa shape index (κ1) is 9.40. The van der Waals surface area contributed by atoms with E-state index in [4.69, 9.17) is 9.47 Å². The van der Waals surface area contributed by atoms with Crippen molar-refractivity contribution < 1.29 is 14.6 Å². The molecule has 2 fully saturated rings. The number of hydrogen-bond donors (Lipinski definition) is 1. The summed E-state index contributed by atoms with van der Waals surface area (Å²) < 4.78 is 10.5. The molecule has 4 heteroatoms. The van der Waals surface area contributed by atoms with Crippen molar-refractivity contribution in [2.24, 2.45) is 0 Å². The zero-order chi connectivity index (χ0) is 9.26. The molecule has 0 spiro atoms. The summed E-state index contributed by atoms with van der Waals surface area (Å²) in [6.07, 6.45) is 1.10. The standard InChI is InChI=1S/C9H17NO3/c1-12-7-2-3-10(4-7)8-5-13-6-9(8)11/h7-9,11H,2-6H2,1H3/t7-,8?,9?/m0/s1. The van der Waals surface area contributed by atoms with Crippen LogP contribution >= 0.6 is 0 Å². The molecule has 1 N–H and O–H groups in total. The quantitative estimate of drug-likeness (QED) is 0.631. The Bertz CT molecular complexity index is 176. The molecule has 0 bridgehead atoms. The Kier molecular flexibility index (Phi) is 2.83. The van der Waals surface area contributed by atoms with Crippen molar-refractivity contribution in [2.75, 3.05) is 33.4 Å². The highest BCUT2D eigenvalue weighted by Crippen LogP contribution is 2.20. The number of methoxy groups -OCH3 is 1. The van der Waals surface area contributed by atoms with Gasteiger partial charge in [0.15, 0.2) is 0 Å². The number of hydrogen-bond acceptors (Lipinski definition) is 4. The van der Waals surface area contributed by atoms with Crippen LogP contribution in [0.3, 0.4) is 0 Å². The molecule has 4 nitrogen and oxygen atoms in total. The van der Waals surface area contributed by atoms with Crippen LogP contribution in [0.15, 0.2) is 0 Å². The number of rotatable bonds is 2. The van der Waals surface area contributed by atoms with Gasteiger partial charge in [-0.05, 0) is 6.42 Å². The van der Waals surface area contributed by atoms with Crippen LogP contribution in [0.4, 0.5) is 0 Å². The van der Waals surface area contributed by atoms with Crippen LogP contribution in [-0.4, -0.2) is 61.7 Å². The van der Waals surface area contributed by atoms with Crippen molar-refractivity contribution in [1.82, 2.24) is 4.90 Å². The van der Waals surface area contributed by atoms with Crippen LogP contribution < -0.4 is 0 Å². The van der Waals surface area contributed by atoms with E-state index in [1.54, 1.807) is 7.11 Å². The summed E-state index contributed by atoms with van der Waals surface area (Å²) in [5, 5.41) is 9.60. The highest BCUT2D eigenvalue weighted by Gasteiger charge is 2.35. The van der Waals surface area contributed by atoms with E-state index >= 15 is 0 Å². The molecule has 2 aliphatic rings. The predicted molar refractivity (Wildman–Crippen MR) is 47.6 cm³/mol. The molecule has 2 heterocycles. The Balaban J connectivity index is 1.88. The van der Waals surface area contributed by atoms with E-state index in [9.17, 15) is 5.11 Å². The molecule has 3 atom stereocenters. The smallest absolute Gasteiger partial charge is 0.0950 e. The average Bonchev–Trinajstić information content (AvgIpc) is 2.71. The molecule has 0 saturated carbocycles. The van der Waals surface area contributed by atoms with Crippen molar-refractivity contribution in [3.05, 3.63) is 0 Å². The first-order valence-electron chi connectivity index (χ1n) is 4.84. The van der Waals surface area contributed by atoms with Crippen molar-refractivity contribution >= 4 is 0 Å². The molecule has 2 saturated heterocycles. The van der Waals surface area contributed by atoms with Crippen LogP contribution in [0.1, 0.15) is 6.42 Å². The Morgan fingerprint density at radius 3 is 2.85 bits per heavy atom.